The summed E-state index contributed by atoms with van der Waals surface area (Å²) in [6.45, 7) is 1.60. The third kappa shape index (κ3) is 3.01. The lowest BCUT2D eigenvalue weighted by Crippen LogP contribution is -2.32. The summed E-state index contributed by atoms with van der Waals surface area (Å²) in [6, 6.07) is 6.85. The van der Waals surface area contributed by atoms with Crippen molar-refractivity contribution in [3.63, 3.8) is 0 Å². The van der Waals surface area contributed by atoms with E-state index in [9.17, 15) is 19.2 Å². The number of hydrogen-bond donors (Lipinski definition) is 0. The maximum absolute atomic E-state index is 12.5. The minimum Gasteiger partial charge on any atom is -0.457 e. The number of ether oxygens (including phenoxy) is 1. The Balaban J connectivity index is 1.28. The molecule has 0 N–H and O–H groups in total. The number of esters is 1. The minimum atomic E-state index is -0.583. The van der Waals surface area contributed by atoms with Crippen molar-refractivity contribution >= 4 is 45.1 Å². The van der Waals surface area contributed by atoms with Crippen molar-refractivity contribution in [2.75, 3.05) is 6.54 Å². The summed E-state index contributed by atoms with van der Waals surface area (Å²) in [5, 5.41) is 9.89. The van der Waals surface area contributed by atoms with Gasteiger partial charge in [0.1, 0.15) is 4.70 Å². The van der Waals surface area contributed by atoms with Crippen molar-refractivity contribution < 1.29 is 19.1 Å². The number of aryl methyl sites for hydroxylation is 2. The largest absolute Gasteiger partial charge is 0.457 e. The molecule has 10 nitrogen and oxygen atoms in total. The molecule has 11 heteroatoms. The Kier molecular flexibility index (Phi) is 4.63. The second-order valence-electron chi connectivity index (χ2n) is 7.47. The molecular weight excluding hydrogens is 434 g/mol. The van der Waals surface area contributed by atoms with Crippen molar-refractivity contribution in [2.24, 2.45) is 7.05 Å². The van der Waals surface area contributed by atoms with Gasteiger partial charge in [-0.15, -0.1) is 21.5 Å². The first kappa shape index (κ1) is 20.1. The Bertz CT molecular complexity index is 1500. The highest BCUT2D eigenvalue weighted by molar-refractivity contribution is 7.17. The highest BCUT2D eigenvalue weighted by Gasteiger charge is 2.35. The molecule has 1 aromatic carbocycles. The molecule has 1 aliphatic rings. The van der Waals surface area contributed by atoms with E-state index in [2.05, 4.69) is 10.2 Å². The van der Waals surface area contributed by atoms with Crippen molar-refractivity contribution in [3.8, 4) is 0 Å². The normalized spacial score (nSPS) is 13.4. The molecule has 0 radical (unpaired) electrons. The van der Waals surface area contributed by atoms with Crippen molar-refractivity contribution in [2.45, 2.75) is 20.0 Å². The summed E-state index contributed by atoms with van der Waals surface area (Å²) in [5.74, 6) is -0.703. The van der Waals surface area contributed by atoms with Crippen molar-refractivity contribution in [1.29, 1.82) is 0 Å². The van der Waals surface area contributed by atoms with E-state index in [0.29, 0.717) is 32.9 Å². The van der Waals surface area contributed by atoms with Crippen LogP contribution in [0.4, 0.5) is 0 Å². The molecular formula is C21H17N5O5S. The first-order valence-electron chi connectivity index (χ1n) is 9.79. The average Bonchev–Trinajstić information content (AvgIpc) is 3.47. The molecule has 32 heavy (non-hydrogen) atoms. The van der Waals surface area contributed by atoms with Gasteiger partial charge in [0, 0.05) is 13.6 Å². The van der Waals surface area contributed by atoms with Gasteiger partial charge in [-0.25, -0.2) is 0 Å². The molecule has 0 unspecified atom stereocenters. The zero-order valence-electron chi connectivity index (χ0n) is 17.2. The molecule has 0 saturated carbocycles. The van der Waals surface area contributed by atoms with E-state index >= 15 is 0 Å². The maximum atomic E-state index is 12.5. The first-order chi connectivity index (χ1) is 15.4. The van der Waals surface area contributed by atoms with Crippen LogP contribution in [0.2, 0.25) is 0 Å². The fourth-order valence-corrected chi connectivity index (χ4v) is 4.63. The number of nitrogens with zero attached hydrogens (tertiary/aromatic N) is 5. The van der Waals surface area contributed by atoms with Crippen molar-refractivity contribution in [3.05, 3.63) is 62.5 Å². The van der Waals surface area contributed by atoms with Gasteiger partial charge < -0.3 is 4.74 Å². The Morgan fingerprint density at radius 3 is 2.69 bits per heavy atom. The van der Waals surface area contributed by atoms with Crippen LogP contribution in [0.25, 0.3) is 16.0 Å². The van der Waals surface area contributed by atoms with Crippen LogP contribution in [-0.4, -0.2) is 48.4 Å². The number of fused-ring (bicyclic) bond motifs is 4. The van der Waals surface area contributed by atoms with Crippen LogP contribution < -0.4 is 5.56 Å². The molecule has 0 aliphatic carbocycles. The quantitative estimate of drug-likeness (QED) is 0.335. The van der Waals surface area contributed by atoms with E-state index < -0.39 is 17.8 Å². The van der Waals surface area contributed by atoms with Gasteiger partial charge in [0.15, 0.2) is 12.4 Å². The molecule has 0 bridgehead atoms. The van der Waals surface area contributed by atoms with Crippen LogP contribution in [0, 0.1) is 6.92 Å². The first-order valence-corrected chi connectivity index (χ1v) is 10.7. The smallest absolute Gasteiger partial charge is 0.308 e. The Hall–Kier alpha value is -3.86. The zero-order valence-corrected chi connectivity index (χ0v) is 18.0. The maximum Gasteiger partial charge on any atom is 0.308 e. The number of amides is 2. The summed E-state index contributed by atoms with van der Waals surface area (Å²) in [7, 11) is 1.60. The third-order valence-corrected chi connectivity index (χ3v) is 6.32. The van der Waals surface area contributed by atoms with E-state index in [4.69, 9.17) is 4.74 Å². The molecule has 2 amide bonds. The van der Waals surface area contributed by atoms with Gasteiger partial charge in [-0.1, -0.05) is 11.6 Å². The molecule has 0 spiro atoms. The number of carbonyl (C=O) groups is 3. The summed E-state index contributed by atoms with van der Waals surface area (Å²) < 4.78 is 8.93. The standard InChI is InChI=1S/C21H17N5O5S/c1-11-3-4-12-13(9-11)19(29)25(18(12)28)7-5-16(27)31-10-15-22-23-21-24(2)20(30)17-14(26(15)21)6-8-32-17/h3-4,6,8-9H,5,7,10H2,1-2H3. The summed E-state index contributed by atoms with van der Waals surface area (Å²) >= 11 is 1.31. The van der Waals surface area contributed by atoms with Crippen LogP contribution >= 0.6 is 11.3 Å². The third-order valence-electron chi connectivity index (χ3n) is 5.43. The zero-order chi connectivity index (χ0) is 22.6. The second kappa shape index (κ2) is 7.38. The van der Waals surface area contributed by atoms with E-state index in [-0.39, 0.29) is 25.1 Å². The van der Waals surface area contributed by atoms with Gasteiger partial charge in [0.25, 0.3) is 17.4 Å². The van der Waals surface area contributed by atoms with E-state index in [0.717, 1.165) is 10.5 Å². The molecule has 4 heterocycles. The second-order valence-corrected chi connectivity index (χ2v) is 8.39. The number of carbonyl (C=O) groups excluding carboxylic acids is 3. The highest BCUT2D eigenvalue weighted by atomic mass is 32.1. The highest BCUT2D eigenvalue weighted by Crippen LogP contribution is 2.24. The molecule has 3 aromatic heterocycles. The van der Waals surface area contributed by atoms with Crippen LogP contribution in [0.1, 0.15) is 38.5 Å². The SMILES string of the molecule is Cc1ccc2c(c1)C(=O)N(CCC(=O)OCc1nnc3n(C)c(=O)c4sccc4n13)C2=O. The molecule has 0 saturated heterocycles. The molecule has 0 atom stereocenters. The van der Waals surface area contributed by atoms with Gasteiger partial charge in [-0.3, -0.25) is 33.0 Å². The van der Waals surface area contributed by atoms with E-state index in [1.54, 1.807) is 41.1 Å². The number of rotatable bonds is 5. The van der Waals surface area contributed by atoms with Crippen molar-refractivity contribution in [1.82, 2.24) is 24.1 Å². The Morgan fingerprint density at radius 1 is 1.09 bits per heavy atom. The average molecular weight is 451 g/mol. The lowest BCUT2D eigenvalue weighted by Gasteiger charge is -2.13. The van der Waals surface area contributed by atoms with Crippen LogP contribution in [0.3, 0.4) is 0 Å². The predicted octanol–water partition coefficient (Wildman–Crippen LogP) is 1.68. The van der Waals surface area contributed by atoms with Gasteiger partial charge in [-0.2, -0.15) is 0 Å². The van der Waals surface area contributed by atoms with Gasteiger partial charge >= 0.3 is 5.97 Å². The minimum absolute atomic E-state index is 0.0753. The number of imide groups is 1. The monoisotopic (exact) mass is 451 g/mol. The van der Waals surface area contributed by atoms with Crippen LogP contribution in [0.5, 0.6) is 0 Å². The molecule has 4 aromatic rings. The van der Waals surface area contributed by atoms with Crippen LogP contribution in [0.15, 0.2) is 34.4 Å². The molecule has 5 rings (SSSR count). The summed E-state index contributed by atoms with van der Waals surface area (Å²) in [5.41, 5.74) is 2.04. The lowest BCUT2D eigenvalue weighted by molar-refractivity contribution is -0.145. The Morgan fingerprint density at radius 2 is 1.88 bits per heavy atom. The summed E-state index contributed by atoms with van der Waals surface area (Å²) in [4.78, 5) is 50.8. The lowest BCUT2D eigenvalue weighted by atomic mass is 10.1. The fraction of sp³-hybridized carbons (Fsp3) is 0.238. The molecule has 0 fully saturated rings. The van der Waals surface area contributed by atoms with E-state index in [1.165, 1.54) is 15.9 Å². The van der Waals surface area contributed by atoms with Gasteiger partial charge in [0.2, 0.25) is 5.78 Å². The Labute approximate surface area is 184 Å². The fourth-order valence-electron chi connectivity index (χ4n) is 3.77. The van der Waals surface area contributed by atoms with E-state index in [1.807, 2.05) is 6.92 Å². The number of hydrogen-bond acceptors (Lipinski definition) is 8. The van der Waals surface area contributed by atoms with Gasteiger partial charge in [-0.05, 0) is 30.5 Å². The molecule has 1 aliphatic heterocycles. The number of benzene rings is 1. The number of aromatic nitrogens is 4. The van der Waals surface area contributed by atoms with Gasteiger partial charge in [0.05, 0.1) is 23.1 Å². The van der Waals surface area contributed by atoms with Crippen LogP contribution in [-0.2, 0) is 23.2 Å². The molecule has 162 valence electrons. The summed E-state index contributed by atoms with van der Waals surface area (Å²) in [6.07, 6.45) is -0.145. The predicted molar refractivity (Wildman–Crippen MR) is 115 cm³/mol. The number of thiophene rings is 1. The topological polar surface area (TPSA) is 116 Å².